The lowest BCUT2D eigenvalue weighted by atomic mass is 10.1. The van der Waals surface area contributed by atoms with Crippen molar-refractivity contribution >= 4 is 5.91 Å². The molecular weight excluding hydrogens is 230 g/mol. The van der Waals surface area contributed by atoms with Crippen molar-refractivity contribution < 1.29 is 9.90 Å². The molecule has 1 N–H and O–H groups in total. The zero-order valence-electron chi connectivity index (χ0n) is 12.1. The van der Waals surface area contributed by atoms with Crippen LogP contribution < -0.4 is 0 Å². The predicted molar refractivity (Wildman–Crippen MR) is 70.3 cm³/mol. The molecule has 1 aromatic rings. The zero-order chi connectivity index (χ0) is 14.1. The third kappa shape index (κ3) is 3.57. The first-order chi connectivity index (χ1) is 8.11. The second-order valence-corrected chi connectivity index (χ2v) is 5.55. The van der Waals surface area contributed by atoms with Crippen molar-refractivity contribution in [1.82, 2.24) is 14.7 Å². The molecule has 0 aliphatic carbocycles. The Morgan fingerprint density at radius 1 is 1.56 bits per heavy atom. The van der Waals surface area contributed by atoms with Gasteiger partial charge in [-0.05, 0) is 40.7 Å². The van der Waals surface area contributed by atoms with E-state index in [1.807, 2.05) is 26.8 Å². The van der Waals surface area contributed by atoms with Crippen LogP contribution in [0.15, 0.2) is 6.07 Å². The Morgan fingerprint density at radius 2 is 2.11 bits per heavy atom. The number of aromatic nitrogens is 2. The monoisotopic (exact) mass is 253 g/mol. The third-order valence-corrected chi connectivity index (χ3v) is 2.77. The van der Waals surface area contributed by atoms with E-state index in [1.54, 1.807) is 30.5 Å². The van der Waals surface area contributed by atoms with Gasteiger partial charge in [0.1, 0.15) is 6.04 Å². The first-order valence-electron chi connectivity index (χ1n) is 6.12. The van der Waals surface area contributed by atoms with E-state index in [-0.39, 0.29) is 11.9 Å². The summed E-state index contributed by atoms with van der Waals surface area (Å²) in [5.74, 6) is -0.0525. The molecule has 0 saturated carbocycles. The normalized spacial score (nSPS) is 13.5. The molecule has 1 heterocycles. The third-order valence-electron chi connectivity index (χ3n) is 2.77. The quantitative estimate of drug-likeness (QED) is 0.879. The molecule has 0 fully saturated rings. The number of nitrogens with zero attached hydrogens (tertiary/aromatic N) is 3. The molecule has 0 saturated heterocycles. The fourth-order valence-corrected chi connectivity index (χ4v) is 2.12. The Hall–Kier alpha value is -1.36. The first kappa shape index (κ1) is 14.7. The van der Waals surface area contributed by atoms with E-state index in [0.29, 0.717) is 6.54 Å². The topological polar surface area (TPSA) is 58.4 Å². The minimum absolute atomic E-state index is 0.0525. The van der Waals surface area contributed by atoms with Gasteiger partial charge >= 0.3 is 0 Å². The van der Waals surface area contributed by atoms with Crippen molar-refractivity contribution in [1.29, 1.82) is 0 Å². The number of aliphatic hydroxyl groups is 1. The number of amides is 1. The van der Waals surface area contributed by atoms with Crippen LogP contribution in [0.25, 0.3) is 0 Å². The van der Waals surface area contributed by atoms with Gasteiger partial charge in [0.2, 0.25) is 5.91 Å². The fourth-order valence-electron chi connectivity index (χ4n) is 2.12. The van der Waals surface area contributed by atoms with Crippen LogP contribution in [0.3, 0.4) is 0 Å². The Morgan fingerprint density at radius 3 is 2.50 bits per heavy atom. The molecule has 1 amide bonds. The highest BCUT2D eigenvalue weighted by Crippen LogP contribution is 2.14. The zero-order valence-corrected chi connectivity index (χ0v) is 12.1. The van der Waals surface area contributed by atoms with Crippen molar-refractivity contribution in [2.45, 2.75) is 46.3 Å². The summed E-state index contributed by atoms with van der Waals surface area (Å²) >= 11 is 0. The lowest BCUT2D eigenvalue weighted by Crippen LogP contribution is -2.42. The predicted octanol–water partition coefficient (Wildman–Crippen LogP) is 1.29. The van der Waals surface area contributed by atoms with Crippen LogP contribution in [-0.2, 0) is 4.79 Å². The lowest BCUT2D eigenvalue weighted by Gasteiger charge is -2.28. The number of hydrogen-bond donors (Lipinski definition) is 1. The molecule has 18 heavy (non-hydrogen) atoms. The van der Waals surface area contributed by atoms with Crippen LogP contribution in [0, 0.1) is 13.8 Å². The van der Waals surface area contributed by atoms with Crippen LogP contribution in [0.5, 0.6) is 0 Å². The number of hydrogen-bond acceptors (Lipinski definition) is 3. The Bertz CT molecular complexity index is 432. The van der Waals surface area contributed by atoms with Gasteiger partial charge in [0.25, 0.3) is 0 Å². The van der Waals surface area contributed by atoms with E-state index < -0.39 is 5.60 Å². The van der Waals surface area contributed by atoms with Gasteiger partial charge in [-0.1, -0.05) is 0 Å². The summed E-state index contributed by atoms with van der Waals surface area (Å²) < 4.78 is 1.72. The van der Waals surface area contributed by atoms with Crippen molar-refractivity contribution in [2.24, 2.45) is 0 Å². The molecule has 0 aliphatic heterocycles. The van der Waals surface area contributed by atoms with Crippen LogP contribution >= 0.6 is 0 Å². The maximum Gasteiger partial charge on any atom is 0.246 e. The number of carbonyl (C=O) groups is 1. The van der Waals surface area contributed by atoms with Crippen molar-refractivity contribution in [3.63, 3.8) is 0 Å². The van der Waals surface area contributed by atoms with Crippen LogP contribution in [0.2, 0.25) is 0 Å². The summed E-state index contributed by atoms with van der Waals surface area (Å²) in [5, 5.41) is 14.0. The van der Waals surface area contributed by atoms with E-state index in [9.17, 15) is 9.90 Å². The molecule has 5 heteroatoms. The number of likely N-dealkylation sites (N-methyl/N-ethyl adjacent to an activating group) is 1. The summed E-state index contributed by atoms with van der Waals surface area (Å²) in [5.41, 5.74) is 0.974. The molecule has 5 nitrogen and oxygen atoms in total. The van der Waals surface area contributed by atoms with Gasteiger partial charge in [0, 0.05) is 19.3 Å². The second-order valence-electron chi connectivity index (χ2n) is 5.55. The van der Waals surface area contributed by atoms with Crippen molar-refractivity contribution in [3.8, 4) is 0 Å². The molecule has 1 aromatic heterocycles. The summed E-state index contributed by atoms with van der Waals surface area (Å²) in [6, 6.07) is 1.59. The largest absolute Gasteiger partial charge is 0.389 e. The van der Waals surface area contributed by atoms with E-state index in [4.69, 9.17) is 0 Å². The van der Waals surface area contributed by atoms with Crippen LogP contribution in [-0.4, -0.2) is 44.9 Å². The van der Waals surface area contributed by atoms with Gasteiger partial charge in [-0.15, -0.1) is 0 Å². The van der Waals surface area contributed by atoms with Gasteiger partial charge in [0.05, 0.1) is 11.3 Å². The van der Waals surface area contributed by atoms with Gasteiger partial charge in [-0.25, -0.2) is 0 Å². The molecule has 0 radical (unpaired) electrons. The first-order valence-corrected chi connectivity index (χ1v) is 6.12. The van der Waals surface area contributed by atoms with Crippen molar-refractivity contribution in [3.05, 3.63) is 17.5 Å². The molecular formula is C13H23N3O2. The molecule has 1 rings (SSSR count). The Kier molecular flexibility index (Phi) is 4.16. The van der Waals surface area contributed by atoms with Gasteiger partial charge in [0.15, 0.2) is 0 Å². The smallest absolute Gasteiger partial charge is 0.246 e. The lowest BCUT2D eigenvalue weighted by molar-refractivity contribution is -0.135. The second kappa shape index (κ2) is 5.10. The van der Waals surface area contributed by atoms with Crippen LogP contribution in [0.1, 0.15) is 38.2 Å². The van der Waals surface area contributed by atoms with Gasteiger partial charge in [-0.3, -0.25) is 9.48 Å². The van der Waals surface area contributed by atoms with Crippen molar-refractivity contribution in [2.75, 3.05) is 13.6 Å². The number of aryl methyl sites for hydroxylation is 2. The van der Waals surface area contributed by atoms with Gasteiger partial charge < -0.3 is 10.0 Å². The minimum Gasteiger partial charge on any atom is -0.389 e. The Labute approximate surface area is 108 Å². The van der Waals surface area contributed by atoms with E-state index in [0.717, 1.165) is 11.4 Å². The van der Waals surface area contributed by atoms with Crippen LogP contribution in [0.4, 0.5) is 0 Å². The fraction of sp³-hybridized carbons (Fsp3) is 0.692. The summed E-state index contributed by atoms with van der Waals surface area (Å²) in [7, 11) is 1.70. The maximum atomic E-state index is 12.2. The summed E-state index contributed by atoms with van der Waals surface area (Å²) in [6.45, 7) is 9.33. The molecule has 0 aromatic carbocycles. The molecule has 0 bridgehead atoms. The van der Waals surface area contributed by atoms with Gasteiger partial charge in [-0.2, -0.15) is 5.10 Å². The molecule has 102 valence electrons. The average molecular weight is 253 g/mol. The SMILES string of the molecule is Cc1cc(C)n(C(C)C(=O)N(C)CC(C)(C)O)n1. The molecule has 0 spiro atoms. The number of rotatable bonds is 4. The van der Waals surface area contributed by atoms with E-state index in [1.165, 1.54) is 0 Å². The summed E-state index contributed by atoms with van der Waals surface area (Å²) in [4.78, 5) is 13.8. The summed E-state index contributed by atoms with van der Waals surface area (Å²) in [6.07, 6.45) is 0. The maximum absolute atomic E-state index is 12.2. The highest BCUT2D eigenvalue weighted by molar-refractivity contribution is 5.79. The molecule has 0 aliphatic rings. The highest BCUT2D eigenvalue weighted by atomic mass is 16.3. The average Bonchev–Trinajstić information content (AvgIpc) is 2.53. The van der Waals surface area contributed by atoms with E-state index >= 15 is 0 Å². The van der Waals surface area contributed by atoms with E-state index in [2.05, 4.69) is 5.10 Å². The Balaban J connectivity index is 2.81. The molecule has 1 unspecified atom stereocenters. The minimum atomic E-state index is -0.890. The number of carbonyl (C=O) groups excluding carboxylic acids is 1. The molecule has 1 atom stereocenters. The highest BCUT2D eigenvalue weighted by Gasteiger charge is 2.25. The standard InChI is InChI=1S/C13H23N3O2/c1-9-7-10(2)16(14-9)11(3)12(17)15(6)8-13(4,5)18/h7,11,18H,8H2,1-6H3.